The van der Waals surface area contributed by atoms with E-state index in [1.807, 2.05) is 6.07 Å². The van der Waals surface area contributed by atoms with E-state index in [2.05, 4.69) is 50.3 Å². The first-order valence-electron chi connectivity index (χ1n) is 5.92. The quantitative estimate of drug-likeness (QED) is 0.635. The molecular formula is C15H15ClSi. The summed E-state index contributed by atoms with van der Waals surface area (Å²) in [5.41, 5.74) is 4.08. The van der Waals surface area contributed by atoms with Gasteiger partial charge in [-0.3, -0.25) is 0 Å². The van der Waals surface area contributed by atoms with Gasteiger partial charge in [-0.2, -0.15) is 0 Å². The molecule has 0 aromatic heterocycles. The summed E-state index contributed by atoms with van der Waals surface area (Å²) < 4.78 is 0. The number of hydrogen-bond acceptors (Lipinski definition) is 0. The normalized spacial score (nSPS) is 15.5. The van der Waals surface area contributed by atoms with Crippen LogP contribution in [0.1, 0.15) is 5.56 Å². The lowest BCUT2D eigenvalue weighted by Crippen LogP contribution is -2.49. The van der Waals surface area contributed by atoms with Crippen molar-refractivity contribution in [1.82, 2.24) is 0 Å². The summed E-state index contributed by atoms with van der Waals surface area (Å²) in [5, 5.41) is 3.86. The van der Waals surface area contributed by atoms with Crippen LogP contribution in [0.5, 0.6) is 0 Å². The molecule has 0 radical (unpaired) electrons. The van der Waals surface area contributed by atoms with Crippen LogP contribution in [0.2, 0.25) is 18.1 Å². The van der Waals surface area contributed by atoms with Crippen molar-refractivity contribution in [2.24, 2.45) is 0 Å². The number of fused-ring (bicyclic) bond motifs is 3. The summed E-state index contributed by atoms with van der Waals surface area (Å²) >= 11 is 6.42. The molecule has 1 aliphatic rings. The molecule has 0 atom stereocenters. The molecule has 0 saturated carbocycles. The molecule has 0 fully saturated rings. The van der Waals surface area contributed by atoms with E-state index in [1.54, 1.807) is 0 Å². The van der Waals surface area contributed by atoms with Crippen molar-refractivity contribution in [3.05, 3.63) is 47.0 Å². The van der Waals surface area contributed by atoms with Crippen molar-refractivity contribution >= 4 is 30.0 Å². The summed E-state index contributed by atoms with van der Waals surface area (Å²) in [6.07, 6.45) is 0. The number of aryl methyl sites for hydroxylation is 1. The van der Waals surface area contributed by atoms with E-state index >= 15 is 0 Å². The van der Waals surface area contributed by atoms with Gasteiger partial charge in [0.2, 0.25) is 0 Å². The van der Waals surface area contributed by atoms with Crippen LogP contribution in [0.3, 0.4) is 0 Å². The average Bonchev–Trinajstić information content (AvgIpc) is 2.49. The Morgan fingerprint density at radius 3 is 2.53 bits per heavy atom. The molecule has 0 aliphatic carbocycles. The van der Waals surface area contributed by atoms with E-state index in [9.17, 15) is 0 Å². The number of benzene rings is 2. The molecule has 0 bridgehead atoms. The third-order valence-corrected chi connectivity index (χ3v) is 7.82. The Labute approximate surface area is 108 Å². The molecule has 0 unspecified atom stereocenters. The molecule has 1 aliphatic heterocycles. The minimum atomic E-state index is -1.58. The van der Waals surface area contributed by atoms with Crippen molar-refractivity contribution in [3.8, 4) is 11.1 Å². The SMILES string of the molecule is Cc1ccc2c(c1)-c1cccc(Cl)c1[Si]2(C)C. The summed E-state index contributed by atoms with van der Waals surface area (Å²) in [6, 6.07) is 13.1. The van der Waals surface area contributed by atoms with Crippen LogP contribution in [0.4, 0.5) is 0 Å². The predicted octanol–water partition coefficient (Wildman–Crippen LogP) is 3.45. The topological polar surface area (TPSA) is 0 Å². The Balaban J connectivity index is 2.43. The van der Waals surface area contributed by atoms with Crippen LogP contribution in [-0.4, -0.2) is 8.07 Å². The van der Waals surface area contributed by atoms with E-state index in [1.165, 1.54) is 27.1 Å². The first kappa shape index (κ1) is 11.1. The van der Waals surface area contributed by atoms with Crippen molar-refractivity contribution in [3.63, 3.8) is 0 Å². The zero-order chi connectivity index (χ0) is 12.2. The fourth-order valence-electron chi connectivity index (χ4n) is 2.94. The Hall–Kier alpha value is -1.05. The first-order valence-corrected chi connectivity index (χ1v) is 9.30. The van der Waals surface area contributed by atoms with E-state index < -0.39 is 8.07 Å². The first-order chi connectivity index (χ1) is 8.01. The van der Waals surface area contributed by atoms with Crippen LogP contribution >= 0.6 is 11.6 Å². The van der Waals surface area contributed by atoms with Crippen molar-refractivity contribution in [2.45, 2.75) is 20.0 Å². The van der Waals surface area contributed by atoms with Crippen LogP contribution in [0.25, 0.3) is 11.1 Å². The summed E-state index contributed by atoms with van der Waals surface area (Å²) in [5.74, 6) is 0. The molecule has 0 saturated heterocycles. The van der Waals surface area contributed by atoms with E-state index in [4.69, 9.17) is 11.6 Å². The molecule has 1 heterocycles. The average molecular weight is 259 g/mol. The molecule has 0 nitrogen and oxygen atoms in total. The van der Waals surface area contributed by atoms with Gasteiger partial charge >= 0.3 is 0 Å². The second kappa shape index (κ2) is 3.47. The third-order valence-electron chi connectivity index (χ3n) is 3.78. The van der Waals surface area contributed by atoms with Gasteiger partial charge in [0, 0.05) is 5.02 Å². The second-order valence-corrected chi connectivity index (χ2v) is 10.0. The molecule has 2 heteroatoms. The summed E-state index contributed by atoms with van der Waals surface area (Å²) in [7, 11) is -1.58. The van der Waals surface area contributed by atoms with Gasteiger partial charge in [0.15, 0.2) is 0 Å². The largest absolute Gasteiger partial charge is 0.115 e. The van der Waals surface area contributed by atoms with Gasteiger partial charge in [0.05, 0.1) is 0 Å². The van der Waals surface area contributed by atoms with Gasteiger partial charge in [0.1, 0.15) is 8.07 Å². The Bertz CT molecular complexity index is 614. The molecular weight excluding hydrogens is 244 g/mol. The molecule has 0 N–H and O–H groups in total. The molecule has 0 spiro atoms. The zero-order valence-electron chi connectivity index (χ0n) is 10.3. The lowest BCUT2D eigenvalue weighted by Gasteiger charge is -2.19. The fourth-order valence-corrected chi connectivity index (χ4v) is 7.05. The lowest BCUT2D eigenvalue weighted by atomic mass is 10.0. The maximum atomic E-state index is 6.42. The van der Waals surface area contributed by atoms with Gasteiger partial charge in [0.25, 0.3) is 0 Å². The van der Waals surface area contributed by atoms with Gasteiger partial charge in [-0.05, 0) is 34.5 Å². The monoisotopic (exact) mass is 258 g/mol. The maximum Gasteiger partial charge on any atom is 0.115 e. The Morgan fingerprint density at radius 2 is 1.76 bits per heavy atom. The molecule has 17 heavy (non-hydrogen) atoms. The number of hydrogen-bond donors (Lipinski definition) is 0. The number of rotatable bonds is 0. The summed E-state index contributed by atoms with van der Waals surface area (Å²) in [6.45, 7) is 6.93. The van der Waals surface area contributed by atoms with Crippen LogP contribution in [0.15, 0.2) is 36.4 Å². The number of halogens is 1. The minimum Gasteiger partial charge on any atom is -0.0844 e. The van der Waals surface area contributed by atoms with E-state index in [0.717, 1.165) is 5.02 Å². The Morgan fingerprint density at radius 1 is 1.00 bits per heavy atom. The predicted molar refractivity (Wildman–Crippen MR) is 78.4 cm³/mol. The highest BCUT2D eigenvalue weighted by atomic mass is 35.5. The Kier molecular flexibility index (Phi) is 2.26. The van der Waals surface area contributed by atoms with Gasteiger partial charge in [-0.15, -0.1) is 0 Å². The van der Waals surface area contributed by atoms with E-state index in [-0.39, 0.29) is 0 Å². The standard InChI is InChI=1S/C15H15ClSi/c1-10-7-8-14-12(9-10)11-5-4-6-13(16)15(11)17(14,2)3/h4-9H,1-3H3. The van der Waals surface area contributed by atoms with Crippen LogP contribution < -0.4 is 10.4 Å². The van der Waals surface area contributed by atoms with Gasteiger partial charge in [-0.1, -0.05) is 60.6 Å². The maximum absolute atomic E-state index is 6.42. The van der Waals surface area contributed by atoms with Gasteiger partial charge in [-0.25, -0.2) is 0 Å². The van der Waals surface area contributed by atoms with Crippen molar-refractivity contribution in [2.75, 3.05) is 0 Å². The highest BCUT2D eigenvalue weighted by molar-refractivity contribution is 7.04. The molecule has 3 rings (SSSR count). The van der Waals surface area contributed by atoms with Crippen molar-refractivity contribution in [1.29, 1.82) is 0 Å². The van der Waals surface area contributed by atoms with E-state index in [0.29, 0.717) is 0 Å². The molecule has 86 valence electrons. The molecule has 2 aromatic carbocycles. The molecule has 0 amide bonds. The fraction of sp³-hybridized carbons (Fsp3) is 0.200. The van der Waals surface area contributed by atoms with Crippen molar-refractivity contribution < 1.29 is 0 Å². The second-order valence-electron chi connectivity index (χ2n) is 5.34. The van der Waals surface area contributed by atoms with Crippen LogP contribution in [-0.2, 0) is 0 Å². The van der Waals surface area contributed by atoms with Crippen LogP contribution in [0, 0.1) is 6.92 Å². The highest BCUT2D eigenvalue weighted by Gasteiger charge is 2.38. The lowest BCUT2D eigenvalue weighted by molar-refractivity contribution is 1.49. The smallest absolute Gasteiger partial charge is 0.0844 e. The molecule has 2 aromatic rings. The summed E-state index contributed by atoms with van der Waals surface area (Å²) in [4.78, 5) is 0. The minimum absolute atomic E-state index is 0.938. The zero-order valence-corrected chi connectivity index (χ0v) is 12.1. The van der Waals surface area contributed by atoms with Gasteiger partial charge < -0.3 is 0 Å². The third kappa shape index (κ3) is 1.42. The highest BCUT2D eigenvalue weighted by Crippen LogP contribution is 2.31.